The van der Waals surface area contributed by atoms with Crippen LogP contribution in [0.1, 0.15) is 36.1 Å². The summed E-state index contributed by atoms with van der Waals surface area (Å²) in [5, 5.41) is 3.56. The Morgan fingerprint density at radius 3 is 2.18 bits per heavy atom. The van der Waals surface area contributed by atoms with Crippen molar-refractivity contribution >= 4 is 23.4 Å². The van der Waals surface area contributed by atoms with Gasteiger partial charge in [-0.1, -0.05) is 96.5 Å². The van der Waals surface area contributed by atoms with Crippen LogP contribution in [0.4, 0.5) is 5.69 Å². The summed E-state index contributed by atoms with van der Waals surface area (Å²) in [6.45, 7) is 10.2. The summed E-state index contributed by atoms with van der Waals surface area (Å²) in [6, 6.07) is 22.9. The zero-order valence-electron chi connectivity index (χ0n) is 20.4. The number of imidazole rings is 1. The molecule has 1 atom stereocenters. The molecule has 4 nitrogen and oxygen atoms in total. The molecule has 0 saturated carbocycles. The largest absolute Gasteiger partial charge is 0.332 e. The number of para-hydroxylation sites is 1. The van der Waals surface area contributed by atoms with Crippen molar-refractivity contribution in [3.63, 3.8) is 0 Å². The third-order valence-electron chi connectivity index (χ3n) is 5.99. The second kappa shape index (κ2) is 10.3. The molecule has 174 valence electrons. The zero-order chi connectivity index (χ0) is 24.2. The Bertz CT molecular complexity index is 1230. The van der Waals surface area contributed by atoms with Gasteiger partial charge in [0.2, 0.25) is 5.91 Å². The van der Waals surface area contributed by atoms with E-state index in [1.807, 2.05) is 26.0 Å². The number of amides is 1. The van der Waals surface area contributed by atoms with E-state index in [0.717, 1.165) is 50.9 Å². The minimum Gasteiger partial charge on any atom is -0.332 e. The van der Waals surface area contributed by atoms with Crippen LogP contribution in [0, 0.1) is 20.8 Å². The van der Waals surface area contributed by atoms with Crippen LogP contribution in [0.25, 0.3) is 22.5 Å². The Labute approximate surface area is 206 Å². The van der Waals surface area contributed by atoms with Gasteiger partial charge in [-0.2, -0.15) is 0 Å². The molecule has 0 radical (unpaired) electrons. The summed E-state index contributed by atoms with van der Waals surface area (Å²) in [5.74, 6) is -0.0285. The Kier molecular flexibility index (Phi) is 7.23. The highest BCUT2D eigenvalue weighted by Gasteiger charge is 2.21. The summed E-state index contributed by atoms with van der Waals surface area (Å²) in [5.41, 5.74) is 9.54. The van der Waals surface area contributed by atoms with Gasteiger partial charge in [0.05, 0.1) is 16.6 Å². The van der Waals surface area contributed by atoms with E-state index in [1.165, 1.54) is 22.9 Å². The zero-order valence-corrected chi connectivity index (χ0v) is 21.2. The number of aryl methyl sites for hydroxylation is 4. The number of benzene rings is 3. The van der Waals surface area contributed by atoms with Crippen molar-refractivity contribution in [2.45, 2.75) is 51.4 Å². The molecule has 34 heavy (non-hydrogen) atoms. The first kappa shape index (κ1) is 23.8. The maximum absolute atomic E-state index is 13.1. The Morgan fingerprint density at radius 2 is 1.56 bits per heavy atom. The van der Waals surface area contributed by atoms with Crippen LogP contribution < -0.4 is 5.32 Å². The minimum atomic E-state index is -0.313. The van der Waals surface area contributed by atoms with E-state index in [9.17, 15) is 4.79 Å². The molecule has 5 heteroatoms. The number of nitrogens with zero attached hydrogens (tertiary/aromatic N) is 1. The van der Waals surface area contributed by atoms with E-state index in [2.05, 4.69) is 85.7 Å². The normalized spacial score (nSPS) is 11.9. The third-order valence-corrected chi connectivity index (χ3v) is 6.98. The number of hydrogen-bond donors (Lipinski definition) is 2. The van der Waals surface area contributed by atoms with Gasteiger partial charge in [-0.3, -0.25) is 4.79 Å². The molecular formula is C29H31N3OS. The van der Waals surface area contributed by atoms with E-state index < -0.39 is 0 Å². The van der Waals surface area contributed by atoms with Crippen molar-refractivity contribution in [2.75, 3.05) is 5.32 Å². The molecule has 0 fully saturated rings. The molecule has 0 aliphatic heterocycles. The molecule has 0 aliphatic rings. The predicted octanol–water partition coefficient (Wildman–Crippen LogP) is 7.35. The second-order valence-electron chi connectivity index (χ2n) is 8.71. The van der Waals surface area contributed by atoms with Gasteiger partial charge in [-0.15, -0.1) is 0 Å². The number of carbonyl (C=O) groups excluding carboxylic acids is 1. The quantitative estimate of drug-likeness (QED) is 0.278. The van der Waals surface area contributed by atoms with Crippen molar-refractivity contribution in [1.82, 2.24) is 9.97 Å². The van der Waals surface area contributed by atoms with E-state index >= 15 is 0 Å². The average molecular weight is 470 g/mol. The lowest BCUT2D eigenvalue weighted by atomic mass is 10.0. The van der Waals surface area contributed by atoms with Gasteiger partial charge in [-0.25, -0.2) is 4.98 Å². The minimum absolute atomic E-state index is 0.0285. The van der Waals surface area contributed by atoms with Crippen LogP contribution >= 0.6 is 11.8 Å². The first-order valence-corrected chi connectivity index (χ1v) is 12.5. The number of thioether (sulfide) groups is 1. The molecule has 1 heterocycles. The molecule has 0 aliphatic carbocycles. The summed E-state index contributed by atoms with van der Waals surface area (Å²) < 4.78 is 0. The number of H-pyrrole nitrogens is 1. The van der Waals surface area contributed by atoms with Gasteiger partial charge in [-0.05, 0) is 45.2 Å². The fourth-order valence-electron chi connectivity index (χ4n) is 3.90. The van der Waals surface area contributed by atoms with Gasteiger partial charge in [0.15, 0.2) is 5.16 Å². The standard InChI is InChI=1S/C29H31N3OS/c1-6-22-9-7-8-20(4)25(22)30-28(33)21(5)34-29-31-26(23-14-10-18(2)11-15-23)27(32-29)24-16-12-19(3)13-17-24/h7-17,21H,6H2,1-5H3,(H,30,33)(H,31,32). The molecule has 4 aromatic rings. The molecule has 3 aromatic carbocycles. The maximum Gasteiger partial charge on any atom is 0.237 e. The molecule has 4 rings (SSSR count). The fraction of sp³-hybridized carbons (Fsp3) is 0.241. The predicted molar refractivity (Wildman–Crippen MR) is 143 cm³/mol. The highest BCUT2D eigenvalue weighted by atomic mass is 32.2. The fourth-order valence-corrected chi connectivity index (χ4v) is 4.71. The number of aromatic nitrogens is 2. The molecule has 1 aromatic heterocycles. The lowest BCUT2D eigenvalue weighted by Gasteiger charge is -2.15. The van der Waals surface area contributed by atoms with E-state index in [1.54, 1.807) is 0 Å². The van der Waals surface area contributed by atoms with Crippen molar-refractivity contribution in [3.05, 3.63) is 89.0 Å². The first-order chi connectivity index (χ1) is 16.4. The molecule has 1 amide bonds. The maximum atomic E-state index is 13.1. The van der Waals surface area contributed by atoms with Crippen molar-refractivity contribution in [2.24, 2.45) is 0 Å². The van der Waals surface area contributed by atoms with Gasteiger partial charge < -0.3 is 10.3 Å². The molecule has 0 saturated heterocycles. The van der Waals surface area contributed by atoms with Crippen LogP contribution in [0.5, 0.6) is 0 Å². The average Bonchev–Trinajstić information content (AvgIpc) is 3.24. The summed E-state index contributed by atoms with van der Waals surface area (Å²) in [4.78, 5) is 21.5. The van der Waals surface area contributed by atoms with E-state index in [0.29, 0.717) is 0 Å². The summed E-state index contributed by atoms with van der Waals surface area (Å²) in [7, 11) is 0. The van der Waals surface area contributed by atoms with Gasteiger partial charge >= 0.3 is 0 Å². The van der Waals surface area contributed by atoms with Crippen molar-refractivity contribution < 1.29 is 4.79 Å². The molecule has 0 bridgehead atoms. The highest BCUT2D eigenvalue weighted by molar-refractivity contribution is 8.00. The topological polar surface area (TPSA) is 57.8 Å². The highest BCUT2D eigenvalue weighted by Crippen LogP contribution is 2.34. The third kappa shape index (κ3) is 5.26. The molecule has 1 unspecified atom stereocenters. The van der Waals surface area contributed by atoms with E-state index in [-0.39, 0.29) is 11.2 Å². The van der Waals surface area contributed by atoms with Crippen LogP contribution in [-0.4, -0.2) is 21.1 Å². The van der Waals surface area contributed by atoms with Gasteiger partial charge in [0, 0.05) is 16.8 Å². The van der Waals surface area contributed by atoms with Gasteiger partial charge in [0.1, 0.15) is 0 Å². The van der Waals surface area contributed by atoms with Crippen molar-refractivity contribution in [3.8, 4) is 22.5 Å². The summed E-state index contributed by atoms with van der Waals surface area (Å²) >= 11 is 1.44. The van der Waals surface area contributed by atoms with Crippen LogP contribution in [-0.2, 0) is 11.2 Å². The second-order valence-corrected chi connectivity index (χ2v) is 10.0. The molecule has 2 N–H and O–H groups in total. The van der Waals surface area contributed by atoms with Crippen molar-refractivity contribution in [1.29, 1.82) is 0 Å². The first-order valence-electron chi connectivity index (χ1n) is 11.7. The van der Waals surface area contributed by atoms with Gasteiger partial charge in [0.25, 0.3) is 0 Å². The van der Waals surface area contributed by atoms with E-state index in [4.69, 9.17) is 4.98 Å². The van der Waals surface area contributed by atoms with Crippen LogP contribution in [0.3, 0.4) is 0 Å². The van der Waals surface area contributed by atoms with Crippen LogP contribution in [0.2, 0.25) is 0 Å². The Balaban J connectivity index is 1.62. The number of rotatable bonds is 7. The summed E-state index contributed by atoms with van der Waals surface area (Å²) in [6.07, 6.45) is 0.872. The number of anilines is 1. The molecular weight excluding hydrogens is 438 g/mol. The number of aromatic amines is 1. The number of carbonyl (C=O) groups is 1. The lowest BCUT2D eigenvalue weighted by molar-refractivity contribution is -0.115. The Hall–Kier alpha value is -3.31. The molecule has 0 spiro atoms. The number of hydrogen-bond acceptors (Lipinski definition) is 3. The smallest absolute Gasteiger partial charge is 0.237 e. The Morgan fingerprint density at radius 1 is 0.941 bits per heavy atom. The number of nitrogens with one attached hydrogen (secondary N) is 2. The monoisotopic (exact) mass is 469 g/mol. The van der Waals surface area contributed by atoms with Crippen LogP contribution in [0.15, 0.2) is 71.9 Å². The lowest BCUT2D eigenvalue weighted by Crippen LogP contribution is -2.23. The SMILES string of the molecule is CCc1cccc(C)c1NC(=O)C(C)Sc1nc(-c2ccc(C)cc2)c(-c2ccc(C)cc2)[nH]1.